The van der Waals surface area contributed by atoms with Gasteiger partial charge in [0.1, 0.15) is 5.00 Å². The molecule has 0 spiro atoms. The first-order chi connectivity index (χ1) is 9.88. The summed E-state index contributed by atoms with van der Waals surface area (Å²) in [5, 5.41) is 2.58. The molecule has 0 radical (unpaired) electrons. The average molecular weight is 291 g/mol. The highest BCUT2D eigenvalue weighted by Crippen LogP contribution is 2.33. The van der Waals surface area contributed by atoms with Gasteiger partial charge in [-0.05, 0) is 49.5 Å². The molecule has 0 atom stereocenters. The lowest BCUT2D eigenvalue weighted by molar-refractivity contribution is 0.0367. The quantitative estimate of drug-likeness (QED) is 0.860. The van der Waals surface area contributed by atoms with E-state index in [1.165, 1.54) is 10.4 Å². The summed E-state index contributed by atoms with van der Waals surface area (Å²) in [6, 6.07) is 8.38. The van der Waals surface area contributed by atoms with E-state index in [0.29, 0.717) is 12.6 Å². The number of fused-ring (bicyclic) bond motifs is 1. The summed E-state index contributed by atoms with van der Waals surface area (Å²) in [5.41, 5.74) is 6.59. The van der Waals surface area contributed by atoms with Gasteiger partial charge in [0.05, 0.1) is 11.6 Å². The standard InChI is InChI=1S/C15H21N3OS/c16-8-3-11-19-12-6-9-18(10-7-12)15-13-4-1-2-5-14(13)17-20-15/h1-2,4-5,12H,3,6-11,16H2. The monoisotopic (exact) mass is 291 g/mol. The Bertz CT molecular complexity index is 549. The number of nitrogens with two attached hydrogens (primary N) is 1. The van der Waals surface area contributed by atoms with E-state index in [2.05, 4.69) is 27.5 Å². The van der Waals surface area contributed by atoms with E-state index >= 15 is 0 Å². The van der Waals surface area contributed by atoms with Crippen molar-refractivity contribution in [2.24, 2.45) is 5.73 Å². The number of anilines is 1. The maximum atomic E-state index is 5.86. The van der Waals surface area contributed by atoms with Crippen LogP contribution in [-0.2, 0) is 4.74 Å². The van der Waals surface area contributed by atoms with Gasteiger partial charge in [-0.1, -0.05) is 12.1 Å². The SMILES string of the molecule is NCCCOC1CCN(c2snc3ccccc23)CC1. The molecule has 108 valence electrons. The molecule has 1 aromatic carbocycles. The first-order valence-corrected chi connectivity index (χ1v) is 8.07. The topological polar surface area (TPSA) is 51.4 Å². The molecule has 2 N–H and O–H groups in total. The molecule has 2 heterocycles. The number of hydrogen-bond donors (Lipinski definition) is 1. The van der Waals surface area contributed by atoms with E-state index in [1.807, 2.05) is 6.07 Å². The second kappa shape index (κ2) is 6.52. The van der Waals surface area contributed by atoms with Crippen molar-refractivity contribution in [1.82, 2.24) is 4.37 Å². The number of rotatable bonds is 5. The Hall–Kier alpha value is -1.17. The zero-order valence-electron chi connectivity index (χ0n) is 11.6. The summed E-state index contributed by atoms with van der Waals surface area (Å²) in [7, 11) is 0. The van der Waals surface area contributed by atoms with Gasteiger partial charge in [0.25, 0.3) is 0 Å². The van der Waals surface area contributed by atoms with Crippen LogP contribution in [0.15, 0.2) is 24.3 Å². The van der Waals surface area contributed by atoms with Gasteiger partial charge in [-0.2, -0.15) is 4.37 Å². The maximum absolute atomic E-state index is 5.86. The molecule has 0 bridgehead atoms. The Morgan fingerprint density at radius 2 is 2.10 bits per heavy atom. The highest BCUT2D eigenvalue weighted by atomic mass is 32.1. The molecule has 1 aliphatic heterocycles. The van der Waals surface area contributed by atoms with Crippen LogP contribution in [0, 0.1) is 0 Å². The molecule has 20 heavy (non-hydrogen) atoms. The van der Waals surface area contributed by atoms with E-state index in [0.717, 1.165) is 44.5 Å². The van der Waals surface area contributed by atoms with Crippen molar-refractivity contribution in [3.8, 4) is 0 Å². The highest BCUT2D eigenvalue weighted by Gasteiger charge is 2.22. The molecule has 2 aromatic rings. The van der Waals surface area contributed by atoms with Crippen LogP contribution in [0.25, 0.3) is 10.9 Å². The Morgan fingerprint density at radius 3 is 2.90 bits per heavy atom. The smallest absolute Gasteiger partial charge is 0.119 e. The molecule has 1 aliphatic rings. The van der Waals surface area contributed by atoms with Crippen LogP contribution in [0.2, 0.25) is 0 Å². The third kappa shape index (κ3) is 2.95. The Morgan fingerprint density at radius 1 is 1.30 bits per heavy atom. The fraction of sp³-hybridized carbons (Fsp3) is 0.533. The van der Waals surface area contributed by atoms with E-state index in [4.69, 9.17) is 10.5 Å². The molecule has 5 heteroatoms. The molecule has 1 aromatic heterocycles. The largest absolute Gasteiger partial charge is 0.378 e. The van der Waals surface area contributed by atoms with Gasteiger partial charge in [-0.15, -0.1) is 0 Å². The van der Waals surface area contributed by atoms with Gasteiger partial charge in [-0.25, -0.2) is 0 Å². The van der Waals surface area contributed by atoms with Crippen molar-refractivity contribution in [2.75, 3.05) is 31.1 Å². The van der Waals surface area contributed by atoms with Gasteiger partial charge in [0, 0.05) is 25.1 Å². The fourth-order valence-corrected chi connectivity index (χ4v) is 3.58. The lowest BCUT2D eigenvalue weighted by Gasteiger charge is -2.32. The van der Waals surface area contributed by atoms with Gasteiger partial charge < -0.3 is 15.4 Å². The first kappa shape index (κ1) is 13.8. The number of piperidine rings is 1. The minimum Gasteiger partial charge on any atom is -0.378 e. The molecule has 0 amide bonds. The molecule has 4 nitrogen and oxygen atoms in total. The Labute approximate surface area is 123 Å². The normalized spacial score (nSPS) is 16.9. The molecule has 1 fully saturated rings. The summed E-state index contributed by atoms with van der Waals surface area (Å²) in [6.45, 7) is 3.62. The van der Waals surface area contributed by atoms with E-state index in [-0.39, 0.29) is 0 Å². The van der Waals surface area contributed by atoms with Gasteiger partial charge in [-0.3, -0.25) is 0 Å². The van der Waals surface area contributed by atoms with Crippen LogP contribution in [0.5, 0.6) is 0 Å². The zero-order chi connectivity index (χ0) is 13.8. The first-order valence-electron chi connectivity index (χ1n) is 7.29. The van der Waals surface area contributed by atoms with Crippen LogP contribution in [0.1, 0.15) is 19.3 Å². The number of nitrogens with zero attached hydrogens (tertiary/aromatic N) is 2. The number of benzene rings is 1. The van der Waals surface area contributed by atoms with E-state index in [1.54, 1.807) is 11.5 Å². The molecular formula is C15H21N3OS. The molecule has 0 saturated carbocycles. The third-order valence-electron chi connectivity index (χ3n) is 3.80. The Balaban J connectivity index is 1.60. The van der Waals surface area contributed by atoms with Crippen molar-refractivity contribution >= 4 is 27.4 Å². The molecule has 0 unspecified atom stereocenters. The van der Waals surface area contributed by atoms with Crippen LogP contribution in [0.4, 0.5) is 5.00 Å². The Kier molecular flexibility index (Phi) is 4.50. The fourth-order valence-electron chi connectivity index (χ4n) is 2.66. The van der Waals surface area contributed by atoms with Crippen molar-refractivity contribution in [3.05, 3.63) is 24.3 Å². The molecular weight excluding hydrogens is 270 g/mol. The number of hydrogen-bond acceptors (Lipinski definition) is 5. The minimum atomic E-state index is 0.400. The van der Waals surface area contributed by atoms with Crippen LogP contribution < -0.4 is 10.6 Å². The van der Waals surface area contributed by atoms with Crippen molar-refractivity contribution in [2.45, 2.75) is 25.4 Å². The van der Waals surface area contributed by atoms with Crippen LogP contribution in [0.3, 0.4) is 0 Å². The summed E-state index contributed by atoms with van der Waals surface area (Å²) < 4.78 is 10.4. The van der Waals surface area contributed by atoms with Gasteiger partial charge in [0.2, 0.25) is 0 Å². The van der Waals surface area contributed by atoms with Gasteiger partial charge >= 0.3 is 0 Å². The van der Waals surface area contributed by atoms with E-state index in [9.17, 15) is 0 Å². The van der Waals surface area contributed by atoms with Crippen molar-refractivity contribution in [3.63, 3.8) is 0 Å². The summed E-state index contributed by atoms with van der Waals surface area (Å²) in [5.74, 6) is 0. The zero-order valence-corrected chi connectivity index (χ0v) is 12.4. The highest BCUT2D eigenvalue weighted by molar-refractivity contribution is 7.11. The lowest BCUT2D eigenvalue weighted by atomic mass is 10.1. The second-order valence-electron chi connectivity index (χ2n) is 5.20. The summed E-state index contributed by atoms with van der Waals surface area (Å²) in [4.78, 5) is 2.45. The second-order valence-corrected chi connectivity index (χ2v) is 5.96. The maximum Gasteiger partial charge on any atom is 0.119 e. The molecule has 0 aliphatic carbocycles. The van der Waals surface area contributed by atoms with Crippen molar-refractivity contribution < 1.29 is 4.74 Å². The van der Waals surface area contributed by atoms with Crippen LogP contribution in [-0.4, -0.2) is 36.7 Å². The van der Waals surface area contributed by atoms with Crippen molar-refractivity contribution in [1.29, 1.82) is 0 Å². The third-order valence-corrected chi connectivity index (χ3v) is 4.74. The number of ether oxygens (including phenoxy) is 1. The number of aromatic nitrogens is 1. The predicted octanol–water partition coefficient (Wildman–Crippen LogP) is 2.63. The average Bonchev–Trinajstić information content (AvgIpc) is 2.92. The predicted molar refractivity (Wildman–Crippen MR) is 84.5 cm³/mol. The molecule has 3 rings (SSSR count). The summed E-state index contributed by atoms with van der Waals surface area (Å²) in [6.07, 6.45) is 3.55. The summed E-state index contributed by atoms with van der Waals surface area (Å²) >= 11 is 1.61. The molecule has 1 saturated heterocycles. The van der Waals surface area contributed by atoms with Gasteiger partial charge in [0.15, 0.2) is 0 Å². The van der Waals surface area contributed by atoms with Crippen LogP contribution >= 0.6 is 11.5 Å². The minimum absolute atomic E-state index is 0.400. The lowest BCUT2D eigenvalue weighted by Crippen LogP contribution is -2.36. The van der Waals surface area contributed by atoms with E-state index < -0.39 is 0 Å².